The van der Waals surface area contributed by atoms with E-state index in [-0.39, 0.29) is 16.9 Å². The second kappa shape index (κ2) is 5.20. The van der Waals surface area contributed by atoms with Crippen LogP contribution in [-0.4, -0.2) is 65.1 Å². The third-order valence-corrected chi connectivity index (χ3v) is 6.29. The summed E-state index contributed by atoms with van der Waals surface area (Å²) in [6, 6.07) is -1.75. The van der Waals surface area contributed by atoms with E-state index in [4.69, 9.17) is 5.11 Å². The summed E-state index contributed by atoms with van der Waals surface area (Å²) in [6.45, 7) is 1.76. The molecule has 0 radical (unpaired) electrons. The van der Waals surface area contributed by atoms with Crippen molar-refractivity contribution in [3.63, 3.8) is 0 Å². The number of carboxylic acid groups (broad SMARTS) is 1. The molecule has 2 N–H and O–H groups in total. The number of carbonyl (C=O) groups excluding carboxylic acids is 1. The van der Waals surface area contributed by atoms with E-state index >= 15 is 0 Å². The molecule has 2 fully saturated rings. The number of carboxylic acids is 1. The zero-order valence-corrected chi connectivity index (χ0v) is 12.0. The van der Waals surface area contributed by atoms with Gasteiger partial charge in [0, 0.05) is 11.8 Å². The van der Waals surface area contributed by atoms with Gasteiger partial charge in [-0.1, -0.05) is 0 Å². The van der Waals surface area contributed by atoms with Gasteiger partial charge < -0.3 is 10.4 Å². The van der Waals surface area contributed by atoms with Crippen molar-refractivity contribution in [1.82, 2.24) is 10.2 Å². The Kier molecular flexibility index (Phi) is 3.95. The molecule has 0 spiro atoms. The van der Waals surface area contributed by atoms with Crippen LogP contribution in [0.15, 0.2) is 0 Å². The fraction of sp³-hybridized carbons (Fsp3) is 0.800. The van der Waals surface area contributed by atoms with E-state index in [1.807, 2.05) is 0 Å². The van der Waals surface area contributed by atoms with Gasteiger partial charge in [-0.25, -0.2) is 18.0 Å². The monoisotopic (exact) mass is 308 g/mol. The second-order valence-corrected chi connectivity index (χ2v) is 8.32. The molecule has 3 atom stereocenters. The molecule has 2 aliphatic rings. The number of rotatable bonds is 2. The highest BCUT2D eigenvalue weighted by atomic mass is 32.2. The molecule has 0 bridgehead atoms. The molecular formula is C10H16N2O5S2. The van der Waals surface area contributed by atoms with E-state index in [9.17, 15) is 18.0 Å². The summed E-state index contributed by atoms with van der Waals surface area (Å²) in [5.41, 5.74) is 0. The lowest BCUT2D eigenvalue weighted by molar-refractivity contribution is -0.141. The number of amides is 2. The Morgan fingerprint density at radius 1 is 1.42 bits per heavy atom. The van der Waals surface area contributed by atoms with Gasteiger partial charge in [0.15, 0.2) is 9.84 Å². The molecule has 108 valence electrons. The van der Waals surface area contributed by atoms with Crippen molar-refractivity contribution in [2.24, 2.45) is 0 Å². The summed E-state index contributed by atoms with van der Waals surface area (Å²) in [7, 11) is -3.06. The number of nitrogens with zero attached hydrogens (tertiary/aromatic N) is 1. The zero-order chi connectivity index (χ0) is 14.2. The summed E-state index contributed by atoms with van der Waals surface area (Å²) in [6.07, 6.45) is 0.390. The molecule has 3 unspecified atom stereocenters. The highest BCUT2D eigenvalue weighted by Crippen LogP contribution is 2.29. The molecule has 0 aromatic heterocycles. The molecule has 0 aromatic carbocycles. The Labute approximate surface area is 115 Å². The highest BCUT2D eigenvalue weighted by Gasteiger charge is 2.41. The van der Waals surface area contributed by atoms with Crippen LogP contribution in [0, 0.1) is 0 Å². The first kappa shape index (κ1) is 14.4. The van der Waals surface area contributed by atoms with Crippen LogP contribution in [0.2, 0.25) is 0 Å². The maximum atomic E-state index is 12.1. The first-order chi connectivity index (χ1) is 8.80. The molecule has 2 rings (SSSR count). The van der Waals surface area contributed by atoms with Gasteiger partial charge in [-0.3, -0.25) is 4.90 Å². The first-order valence-electron chi connectivity index (χ1n) is 5.94. The van der Waals surface area contributed by atoms with Crippen LogP contribution in [-0.2, 0) is 14.6 Å². The van der Waals surface area contributed by atoms with Crippen molar-refractivity contribution in [3.8, 4) is 0 Å². The van der Waals surface area contributed by atoms with Crippen LogP contribution in [0.1, 0.15) is 13.3 Å². The predicted octanol–water partition coefficient (Wildman–Crippen LogP) is -0.269. The van der Waals surface area contributed by atoms with E-state index in [1.54, 1.807) is 6.92 Å². The van der Waals surface area contributed by atoms with Crippen LogP contribution in [0.3, 0.4) is 0 Å². The molecule has 2 saturated heterocycles. The van der Waals surface area contributed by atoms with Crippen molar-refractivity contribution in [2.45, 2.75) is 30.8 Å². The third-order valence-electron chi connectivity index (χ3n) is 3.30. The van der Waals surface area contributed by atoms with Gasteiger partial charge in [0.1, 0.15) is 6.04 Å². The minimum Gasteiger partial charge on any atom is -0.480 e. The largest absolute Gasteiger partial charge is 0.480 e. The van der Waals surface area contributed by atoms with Gasteiger partial charge in [0.2, 0.25) is 0 Å². The zero-order valence-electron chi connectivity index (χ0n) is 10.4. The van der Waals surface area contributed by atoms with Crippen LogP contribution >= 0.6 is 11.8 Å². The number of aliphatic carboxylic acids is 1. The van der Waals surface area contributed by atoms with Gasteiger partial charge in [0.05, 0.1) is 16.9 Å². The number of hydrogen-bond donors (Lipinski definition) is 2. The fourth-order valence-corrected chi connectivity index (χ4v) is 5.14. The van der Waals surface area contributed by atoms with E-state index in [1.165, 1.54) is 16.7 Å². The number of urea groups is 1. The third kappa shape index (κ3) is 3.14. The van der Waals surface area contributed by atoms with E-state index in [0.717, 1.165) is 0 Å². The van der Waals surface area contributed by atoms with Gasteiger partial charge in [-0.2, -0.15) is 0 Å². The van der Waals surface area contributed by atoms with Gasteiger partial charge >= 0.3 is 12.0 Å². The number of hydrogen-bond acceptors (Lipinski definition) is 5. The summed E-state index contributed by atoms with van der Waals surface area (Å²) in [5, 5.41) is 11.5. The second-order valence-electron chi connectivity index (χ2n) is 4.74. The van der Waals surface area contributed by atoms with Crippen molar-refractivity contribution in [1.29, 1.82) is 0 Å². The van der Waals surface area contributed by atoms with E-state index < -0.39 is 33.9 Å². The van der Waals surface area contributed by atoms with Crippen molar-refractivity contribution >= 4 is 33.6 Å². The Hall–Kier alpha value is -0.960. The summed E-state index contributed by atoms with van der Waals surface area (Å²) in [4.78, 5) is 24.4. The molecule has 7 nitrogen and oxygen atoms in total. The summed E-state index contributed by atoms with van der Waals surface area (Å²) in [5.74, 6) is -0.672. The molecule has 19 heavy (non-hydrogen) atoms. The molecule has 2 aliphatic heterocycles. The topological polar surface area (TPSA) is 104 Å². The van der Waals surface area contributed by atoms with Crippen LogP contribution in [0.25, 0.3) is 0 Å². The molecule has 0 aliphatic carbocycles. The number of nitrogens with one attached hydrogen (secondary N) is 1. The van der Waals surface area contributed by atoms with E-state index in [0.29, 0.717) is 12.2 Å². The quantitative estimate of drug-likeness (QED) is 0.728. The highest BCUT2D eigenvalue weighted by molar-refractivity contribution is 8.00. The van der Waals surface area contributed by atoms with Crippen molar-refractivity contribution in [3.05, 3.63) is 0 Å². The Morgan fingerprint density at radius 3 is 2.63 bits per heavy atom. The smallest absolute Gasteiger partial charge is 0.327 e. The first-order valence-corrected chi connectivity index (χ1v) is 8.81. The molecule has 0 saturated carbocycles. The van der Waals surface area contributed by atoms with Crippen molar-refractivity contribution in [2.75, 3.05) is 17.3 Å². The SMILES string of the molecule is CC1SCC(C(=O)O)N1C(=O)NC1CCS(=O)(=O)C1. The summed E-state index contributed by atoms with van der Waals surface area (Å²) >= 11 is 1.39. The van der Waals surface area contributed by atoms with Gasteiger partial charge in [-0.05, 0) is 13.3 Å². The molecule has 2 amide bonds. The average molecular weight is 308 g/mol. The maximum Gasteiger partial charge on any atom is 0.327 e. The minimum atomic E-state index is -3.06. The predicted molar refractivity (Wildman–Crippen MR) is 70.8 cm³/mol. The van der Waals surface area contributed by atoms with Crippen molar-refractivity contribution < 1.29 is 23.1 Å². The molecule has 9 heteroatoms. The standard InChI is InChI=1S/C10H16N2O5S2/c1-6-12(8(4-18-6)9(13)14)10(15)11-7-2-3-19(16,17)5-7/h6-8H,2-5H2,1H3,(H,11,15)(H,13,14). The van der Waals surface area contributed by atoms with Crippen LogP contribution in [0.4, 0.5) is 4.79 Å². The summed E-state index contributed by atoms with van der Waals surface area (Å²) < 4.78 is 22.6. The molecule has 0 aromatic rings. The lowest BCUT2D eigenvalue weighted by Crippen LogP contribution is -2.52. The number of sulfone groups is 1. The van der Waals surface area contributed by atoms with E-state index in [2.05, 4.69) is 5.32 Å². The lowest BCUT2D eigenvalue weighted by atomic mass is 10.2. The molecular weight excluding hydrogens is 292 g/mol. The fourth-order valence-electron chi connectivity index (χ4n) is 2.30. The van der Waals surface area contributed by atoms with Crippen LogP contribution in [0.5, 0.6) is 0 Å². The minimum absolute atomic E-state index is 0.0636. The number of thioether (sulfide) groups is 1. The Bertz CT molecular complexity index is 492. The normalized spacial score (nSPS) is 33.3. The maximum absolute atomic E-state index is 12.1. The Morgan fingerprint density at radius 2 is 2.11 bits per heavy atom. The number of carbonyl (C=O) groups is 2. The van der Waals surface area contributed by atoms with Crippen LogP contribution < -0.4 is 5.32 Å². The lowest BCUT2D eigenvalue weighted by Gasteiger charge is -2.26. The van der Waals surface area contributed by atoms with Gasteiger partial charge in [0.25, 0.3) is 0 Å². The molecule has 2 heterocycles. The Balaban J connectivity index is 2.01. The van der Waals surface area contributed by atoms with Gasteiger partial charge in [-0.15, -0.1) is 11.8 Å². The average Bonchev–Trinajstić information content (AvgIpc) is 2.81.